The molecule has 0 bridgehead atoms. The SMILES string of the molecule is CCOC(=O)C1=C(O)/C(=C\c2ccc(CN(Cc3ccccc3)S(=O)(=O)c3ccc(C)cc3)o2)N=C1C. The van der Waals surface area contributed by atoms with Gasteiger partial charge in [-0.2, -0.15) is 4.31 Å². The zero-order chi connectivity index (χ0) is 26.6. The Morgan fingerprint density at radius 2 is 1.73 bits per heavy atom. The molecule has 0 atom stereocenters. The second-order valence-electron chi connectivity index (χ2n) is 8.55. The predicted molar refractivity (Wildman–Crippen MR) is 140 cm³/mol. The van der Waals surface area contributed by atoms with Gasteiger partial charge in [-0.05, 0) is 50.6 Å². The van der Waals surface area contributed by atoms with Gasteiger partial charge in [-0.3, -0.25) is 0 Å². The van der Waals surface area contributed by atoms with Gasteiger partial charge < -0.3 is 14.3 Å². The number of hydrogen-bond acceptors (Lipinski definition) is 7. The van der Waals surface area contributed by atoms with Crippen LogP contribution in [0.5, 0.6) is 0 Å². The van der Waals surface area contributed by atoms with E-state index in [1.807, 2.05) is 37.3 Å². The Labute approximate surface area is 216 Å². The van der Waals surface area contributed by atoms with Gasteiger partial charge in [0, 0.05) is 12.6 Å². The Morgan fingerprint density at radius 1 is 1.03 bits per heavy atom. The molecule has 192 valence electrons. The number of furan rings is 1. The van der Waals surface area contributed by atoms with Crippen LogP contribution in [0.1, 0.15) is 36.5 Å². The summed E-state index contributed by atoms with van der Waals surface area (Å²) >= 11 is 0. The number of carbonyl (C=O) groups excluding carboxylic acids is 1. The first-order chi connectivity index (χ1) is 17.7. The average molecular weight is 521 g/mol. The van der Waals surface area contributed by atoms with Crippen molar-refractivity contribution < 1.29 is 27.5 Å². The summed E-state index contributed by atoms with van der Waals surface area (Å²) in [5.74, 6) is -0.180. The molecule has 0 fully saturated rings. The molecule has 0 amide bonds. The van der Waals surface area contributed by atoms with Crippen molar-refractivity contribution >= 4 is 27.8 Å². The van der Waals surface area contributed by atoms with E-state index >= 15 is 0 Å². The maximum absolute atomic E-state index is 13.5. The van der Waals surface area contributed by atoms with Crippen molar-refractivity contribution in [3.05, 3.63) is 106 Å². The zero-order valence-corrected chi connectivity index (χ0v) is 21.7. The molecule has 1 N–H and O–H groups in total. The van der Waals surface area contributed by atoms with Gasteiger partial charge in [0.05, 0.1) is 23.8 Å². The Morgan fingerprint density at radius 3 is 2.41 bits per heavy atom. The maximum atomic E-state index is 13.5. The van der Waals surface area contributed by atoms with Crippen molar-refractivity contribution in [2.75, 3.05) is 6.61 Å². The van der Waals surface area contributed by atoms with Gasteiger partial charge >= 0.3 is 5.97 Å². The lowest BCUT2D eigenvalue weighted by Crippen LogP contribution is -2.30. The largest absolute Gasteiger partial charge is 0.505 e. The van der Waals surface area contributed by atoms with Crippen LogP contribution in [0.3, 0.4) is 0 Å². The first-order valence-corrected chi connectivity index (χ1v) is 13.2. The van der Waals surface area contributed by atoms with Gasteiger partial charge in [-0.15, -0.1) is 0 Å². The summed E-state index contributed by atoms with van der Waals surface area (Å²) in [5.41, 5.74) is 2.31. The molecule has 37 heavy (non-hydrogen) atoms. The van der Waals surface area contributed by atoms with Crippen LogP contribution in [0.25, 0.3) is 6.08 Å². The Balaban J connectivity index is 1.62. The maximum Gasteiger partial charge on any atom is 0.343 e. The molecule has 2 heterocycles. The number of esters is 1. The molecule has 1 aliphatic heterocycles. The minimum atomic E-state index is -3.83. The number of aryl methyl sites for hydroxylation is 1. The van der Waals surface area contributed by atoms with Gasteiger partial charge in [0.1, 0.15) is 22.8 Å². The van der Waals surface area contributed by atoms with Crippen LogP contribution in [0, 0.1) is 6.92 Å². The normalized spacial score (nSPS) is 14.9. The van der Waals surface area contributed by atoms with Gasteiger partial charge in [0.25, 0.3) is 0 Å². The van der Waals surface area contributed by atoms with E-state index in [-0.39, 0.29) is 41.6 Å². The Hall–Kier alpha value is -3.95. The number of carbonyl (C=O) groups is 1. The average Bonchev–Trinajstić information content (AvgIpc) is 3.42. The molecule has 1 aliphatic rings. The molecule has 0 saturated carbocycles. The number of aliphatic imine (C=N–C) groups is 1. The van der Waals surface area contributed by atoms with E-state index in [0.717, 1.165) is 11.1 Å². The quantitative estimate of drug-likeness (QED) is 0.390. The molecule has 0 saturated heterocycles. The van der Waals surface area contributed by atoms with Crippen LogP contribution in [0.4, 0.5) is 0 Å². The summed E-state index contributed by atoms with van der Waals surface area (Å²) in [4.78, 5) is 16.6. The van der Waals surface area contributed by atoms with Crippen molar-refractivity contribution in [1.82, 2.24) is 4.31 Å². The number of rotatable bonds is 9. The van der Waals surface area contributed by atoms with Gasteiger partial charge in [0.2, 0.25) is 10.0 Å². The summed E-state index contributed by atoms with van der Waals surface area (Å²) in [6.07, 6.45) is 1.49. The Kier molecular flexibility index (Phi) is 7.75. The number of hydrogen-bond donors (Lipinski definition) is 1. The van der Waals surface area contributed by atoms with E-state index in [2.05, 4.69) is 4.99 Å². The first-order valence-electron chi connectivity index (χ1n) is 11.8. The zero-order valence-electron chi connectivity index (χ0n) is 20.8. The van der Waals surface area contributed by atoms with Crippen LogP contribution >= 0.6 is 0 Å². The molecule has 4 rings (SSSR count). The molecule has 3 aromatic rings. The third kappa shape index (κ3) is 5.90. The second kappa shape index (κ2) is 11.0. The fourth-order valence-electron chi connectivity index (χ4n) is 3.88. The highest BCUT2D eigenvalue weighted by molar-refractivity contribution is 7.89. The lowest BCUT2D eigenvalue weighted by Gasteiger charge is -2.21. The monoisotopic (exact) mass is 520 g/mol. The summed E-state index contributed by atoms with van der Waals surface area (Å²) in [6.45, 7) is 5.51. The van der Waals surface area contributed by atoms with Crippen molar-refractivity contribution in [2.45, 2.75) is 38.8 Å². The molecule has 0 radical (unpaired) electrons. The summed E-state index contributed by atoms with van der Waals surface area (Å²) in [5, 5.41) is 10.5. The number of benzene rings is 2. The fourth-order valence-corrected chi connectivity index (χ4v) is 5.27. The molecule has 1 aromatic heterocycles. The molecular formula is C28H28N2O6S. The number of nitrogens with zero attached hydrogens (tertiary/aromatic N) is 2. The highest BCUT2D eigenvalue weighted by Crippen LogP contribution is 2.28. The molecule has 0 spiro atoms. The molecule has 8 nitrogen and oxygen atoms in total. The van der Waals surface area contributed by atoms with Gasteiger partial charge in [0.15, 0.2) is 5.76 Å². The molecule has 2 aromatic carbocycles. The predicted octanol–water partition coefficient (Wildman–Crippen LogP) is 5.17. The van der Waals surface area contributed by atoms with Crippen LogP contribution in [-0.2, 0) is 32.6 Å². The molecule has 0 aliphatic carbocycles. The number of aliphatic hydroxyl groups excluding tert-OH is 1. The van der Waals surface area contributed by atoms with Crippen molar-refractivity contribution in [3.63, 3.8) is 0 Å². The third-order valence-electron chi connectivity index (χ3n) is 5.76. The number of ether oxygens (including phenoxy) is 1. The standard InChI is InChI=1S/C28H28N2O6S/c1-4-35-28(32)26-20(3)29-25(27(26)31)16-22-12-13-23(36-22)18-30(17-21-8-6-5-7-9-21)37(33,34)24-14-10-19(2)11-15-24/h5-16,31H,4,17-18H2,1-3H3/b25-16+. The van der Waals surface area contributed by atoms with E-state index in [4.69, 9.17) is 9.15 Å². The lowest BCUT2D eigenvalue weighted by atomic mass is 10.1. The highest BCUT2D eigenvalue weighted by Gasteiger charge is 2.29. The van der Waals surface area contributed by atoms with Gasteiger partial charge in [-0.1, -0.05) is 48.0 Å². The summed E-state index contributed by atoms with van der Waals surface area (Å²) in [6, 6.07) is 19.4. The highest BCUT2D eigenvalue weighted by atomic mass is 32.2. The van der Waals surface area contributed by atoms with Crippen LogP contribution in [0.15, 0.2) is 98.1 Å². The Bertz CT molecular complexity index is 1480. The smallest absolute Gasteiger partial charge is 0.343 e. The molecular weight excluding hydrogens is 492 g/mol. The molecule has 0 unspecified atom stereocenters. The minimum Gasteiger partial charge on any atom is -0.505 e. The fraction of sp³-hybridized carbons (Fsp3) is 0.214. The van der Waals surface area contributed by atoms with Crippen molar-refractivity contribution in [2.24, 2.45) is 4.99 Å². The van der Waals surface area contributed by atoms with Crippen LogP contribution in [0.2, 0.25) is 0 Å². The lowest BCUT2D eigenvalue weighted by molar-refractivity contribution is -0.138. The van der Waals surface area contributed by atoms with Crippen molar-refractivity contribution in [3.8, 4) is 0 Å². The van der Waals surface area contributed by atoms with Crippen LogP contribution in [-0.4, -0.2) is 36.1 Å². The van der Waals surface area contributed by atoms with E-state index in [1.54, 1.807) is 50.2 Å². The van der Waals surface area contributed by atoms with Crippen LogP contribution < -0.4 is 0 Å². The van der Waals surface area contributed by atoms with E-state index in [0.29, 0.717) is 17.2 Å². The number of aliphatic hydroxyl groups is 1. The third-order valence-corrected chi connectivity index (χ3v) is 7.57. The van der Waals surface area contributed by atoms with E-state index in [1.165, 1.54) is 10.4 Å². The molecule has 9 heteroatoms. The summed E-state index contributed by atoms with van der Waals surface area (Å²) in [7, 11) is -3.83. The van der Waals surface area contributed by atoms with E-state index in [9.17, 15) is 18.3 Å². The minimum absolute atomic E-state index is 0.00747. The first kappa shape index (κ1) is 26.1. The second-order valence-corrected chi connectivity index (χ2v) is 10.5. The van der Waals surface area contributed by atoms with Gasteiger partial charge in [-0.25, -0.2) is 18.2 Å². The van der Waals surface area contributed by atoms with E-state index < -0.39 is 16.0 Å². The number of sulfonamides is 1. The van der Waals surface area contributed by atoms with Crippen molar-refractivity contribution in [1.29, 1.82) is 0 Å². The topological polar surface area (TPSA) is 109 Å². The summed E-state index contributed by atoms with van der Waals surface area (Å²) < 4.78 is 39.3.